The molecule has 0 unspecified atom stereocenters. The van der Waals surface area contributed by atoms with Gasteiger partial charge in [-0.1, -0.05) is 18.2 Å². The van der Waals surface area contributed by atoms with Crippen LogP contribution in [0.5, 0.6) is 0 Å². The van der Waals surface area contributed by atoms with Gasteiger partial charge in [0.15, 0.2) is 5.69 Å². The molecule has 0 saturated heterocycles. The van der Waals surface area contributed by atoms with E-state index in [4.69, 9.17) is 23.9 Å². The molecule has 1 heterocycles. The number of hydrogen-bond acceptors (Lipinski definition) is 2. The Morgan fingerprint density at radius 1 is 1.64 bits per heavy atom. The van der Waals surface area contributed by atoms with Crippen molar-refractivity contribution in [1.29, 1.82) is 0 Å². The zero-order valence-corrected chi connectivity index (χ0v) is 6.47. The molecule has 2 N–H and O–H groups in total. The first kappa shape index (κ1) is 7.99. The molecule has 1 aromatic rings. The summed E-state index contributed by atoms with van der Waals surface area (Å²) in [4.78, 5) is 7.04. The van der Waals surface area contributed by atoms with Gasteiger partial charge in [0, 0.05) is 0 Å². The van der Waals surface area contributed by atoms with Crippen LogP contribution in [0.4, 0.5) is 5.82 Å². The van der Waals surface area contributed by atoms with Crippen LogP contribution in [-0.4, -0.2) is 4.98 Å². The highest BCUT2D eigenvalue weighted by molar-refractivity contribution is 6.31. The Kier molecular flexibility index (Phi) is 2.42. The van der Waals surface area contributed by atoms with Gasteiger partial charge >= 0.3 is 0 Å². The van der Waals surface area contributed by atoms with E-state index in [9.17, 15) is 0 Å². The third kappa shape index (κ3) is 1.67. The van der Waals surface area contributed by atoms with E-state index in [1.54, 1.807) is 12.1 Å². The van der Waals surface area contributed by atoms with Crippen molar-refractivity contribution >= 4 is 17.4 Å². The molecule has 0 spiro atoms. The van der Waals surface area contributed by atoms with Crippen molar-refractivity contribution in [3.05, 3.63) is 34.3 Å². The molecule has 0 aromatic carbocycles. The smallest absolute Gasteiger partial charge is 0.269 e. The number of rotatable bonds is 1. The maximum absolute atomic E-state index is 6.66. The fraction of sp³-hybridized carbons (Fsp3) is 0.143. The number of pyridine rings is 1. The molecule has 0 aliphatic rings. The molecule has 4 heteroatoms. The van der Waals surface area contributed by atoms with Gasteiger partial charge in [0.2, 0.25) is 0 Å². The summed E-state index contributed by atoms with van der Waals surface area (Å²) in [7, 11) is 0. The monoisotopic (exact) mass is 167 g/mol. The summed E-state index contributed by atoms with van der Waals surface area (Å²) in [5.74, 6) is 0.329. The number of nitrogens with two attached hydrogens (primary N) is 1. The molecule has 0 atom stereocenters. The molecule has 0 fully saturated rings. The van der Waals surface area contributed by atoms with Crippen molar-refractivity contribution in [2.75, 3.05) is 0 Å². The van der Waals surface area contributed by atoms with E-state index < -0.39 is 0 Å². The fourth-order valence-corrected chi connectivity index (χ4v) is 0.861. The summed E-state index contributed by atoms with van der Waals surface area (Å²) in [6.07, 6.45) is 0. The van der Waals surface area contributed by atoms with Gasteiger partial charge in [0.1, 0.15) is 0 Å². The molecular formula is C7H6ClN3. The minimum absolute atomic E-state index is 0.266. The van der Waals surface area contributed by atoms with Gasteiger partial charge in [-0.25, -0.2) is 0 Å². The van der Waals surface area contributed by atoms with Crippen molar-refractivity contribution < 1.29 is 0 Å². The minimum Gasteiger partial charge on any atom is -0.361 e. The van der Waals surface area contributed by atoms with Gasteiger partial charge in [-0.15, -0.1) is 4.98 Å². The Morgan fingerprint density at radius 3 is 2.91 bits per heavy atom. The van der Waals surface area contributed by atoms with Crippen LogP contribution >= 0.6 is 11.6 Å². The Hall–Kier alpha value is -1.11. The van der Waals surface area contributed by atoms with Crippen molar-refractivity contribution in [1.82, 2.24) is 4.98 Å². The average molecular weight is 168 g/mol. The van der Waals surface area contributed by atoms with Gasteiger partial charge < -0.3 is 10.6 Å². The summed E-state index contributed by atoms with van der Waals surface area (Å²) < 4.78 is 0. The van der Waals surface area contributed by atoms with E-state index in [0.717, 1.165) is 0 Å². The Bertz CT molecular complexity index is 303. The van der Waals surface area contributed by atoms with Crippen LogP contribution in [0.15, 0.2) is 12.1 Å². The van der Waals surface area contributed by atoms with Gasteiger partial charge in [0.05, 0.1) is 11.6 Å². The summed E-state index contributed by atoms with van der Waals surface area (Å²) in [5, 5.41) is 0.514. The molecule has 0 bridgehead atoms. The molecule has 3 nitrogen and oxygen atoms in total. The SMILES string of the molecule is [C-]#[N+]c1ccc(Cl)c(CN)n1. The van der Waals surface area contributed by atoms with E-state index >= 15 is 0 Å². The number of aromatic nitrogens is 1. The highest BCUT2D eigenvalue weighted by Crippen LogP contribution is 2.17. The normalized spacial score (nSPS) is 9.18. The van der Waals surface area contributed by atoms with E-state index in [2.05, 4.69) is 9.83 Å². The molecule has 0 aliphatic carbocycles. The summed E-state index contributed by atoms with van der Waals surface area (Å²) >= 11 is 5.71. The Morgan fingerprint density at radius 2 is 2.36 bits per heavy atom. The summed E-state index contributed by atoms with van der Waals surface area (Å²) in [5.41, 5.74) is 5.89. The molecule has 0 saturated carbocycles. The zero-order valence-electron chi connectivity index (χ0n) is 5.71. The second kappa shape index (κ2) is 3.33. The van der Waals surface area contributed by atoms with Crippen LogP contribution in [0, 0.1) is 6.57 Å². The van der Waals surface area contributed by atoms with Gasteiger partial charge in [0.25, 0.3) is 5.82 Å². The molecule has 1 rings (SSSR count). The number of halogens is 1. The molecule has 0 amide bonds. The van der Waals surface area contributed by atoms with Crippen LogP contribution in [-0.2, 0) is 6.54 Å². The Balaban J connectivity index is 3.15. The Labute approximate surface area is 69.6 Å². The van der Waals surface area contributed by atoms with Crippen molar-refractivity contribution in [3.63, 3.8) is 0 Å². The lowest BCUT2D eigenvalue weighted by atomic mass is 10.3. The first-order valence-electron chi connectivity index (χ1n) is 3.01. The lowest BCUT2D eigenvalue weighted by Crippen LogP contribution is -1.99. The maximum Gasteiger partial charge on any atom is 0.269 e. The second-order valence-electron chi connectivity index (χ2n) is 1.91. The first-order chi connectivity index (χ1) is 5.27. The van der Waals surface area contributed by atoms with Crippen LogP contribution < -0.4 is 5.73 Å². The quantitative estimate of drug-likeness (QED) is 0.648. The maximum atomic E-state index is 6.66. The molecule has 56 valence electrons. The molecule has 0 radical (unpaired) electrons. The average Bonchev–Trinajstić information content (AvgIpc) is 2.05. The second-order valence-corrected chi connectivity index (χ2v) is 2.32. The van der Waals surface area contributed by atoms with Crippen LogP contribution in [0.1, 0.15) is 5.69 Å². The predicted octanol–water partition coefficient (Wildman–Crippen LogP) is 1.74. The van der Waals surface area contributed by atoms with Crippen LogP contribution in [0.3, 0.4) is 0 Å². The number of hydrogen-bond donors (Lipinski definition) is 1. The minimum atomic E-state index is 0.266. The van der Waals surface area contributed by atoms with Crippen molar-refractivity contribution in [3.8, 4) is 0 Å². The van der Waals surface area contributed by atoms with Crippen molar-refractivity contribution in [2.45, 2.75) is 6.54 Å². The molecule has 0 aliphatic heterocycles. The van der Waals surface area contributed by atoms with Crippen molar-refractivity contribution in [2.24, 2.45) is 5.73 Å². The largest absolute Gasteiger partial charge is 0.361 e. The summed E-state index contributed by atoms with van der Waals surface area (Å²) in [6, 6.07) is 3.19. The van der Waals surface area contributed by atoms with Gasteiger partial charge in [-0.2, -0.15) is 0 Å². The first-order valence-corrected chi connectivity index (χ1v) is 3.38. The lowest BCUT2D eigenvalue weighted by Gasteiger charge is -1.94. The molecule has 1 aromatic heterocycles. The third-order valence-electron chi connectivity index (χ3n) is 1.21. The van der Waals surface area contributed by atoms with E-state index in [0.29, 0.717) is 16.5 Å². The summed E-state index contributed by atoms with van der Waals surface area (Å²) in [6.45, 7) is 6.93. The fourth-order valence-electron chi connectivity index (χ4n) is 0.678. The van der Waals surface area contributed by atoms with E-state index in [1.165, 1.54) is 0 Å². The predicted molar refractivity (Wildman–Crippen MR) is 43.4 cm³/mol. The number of nitrogens with zero attached hydrogens (tertiary/aromatic N) is 2. The van der Waals surface area contributed by atoms with E-state index in [1.807, 2.05) is 0 Å². The standard InChI is InChI=1S/C7H6ClN3/c1-10-7-3-2-5(8)6(4-9)11-7/h2-3H,4,9H2. The highest BCUT2D eigenvalue weighted by atomic mass is 35.5. The third-order valence-corrected chi connectivity index (χ3v) is 1.56. The van der Waals surface area contributed by atoms with Crippen LogP contribution in [0.25, 0.3) is 4.85 Å². The topological polar surface area (TPSA) is 43.3 Å². The van der Waals surface area contributed by atoms with Gasteiger partial charge in [-0.05, 0) is 12.1 Å². The van der Waals surface area contributed by atoms with Crippen LogP contribution in [0.2, 0.25) is 5.02 Å². The highest BCUT2D eigenvalue weighted by Gasteiger charge is 2.04. The molecule has 11 heavy (non-hydrogen) atoms. The lowest BCUT2D eigenvalue weighted by molar-refractivity contribution is 0.998. The zero-order chi connectivity index (χ0) is 8.27. The molecular weight excluding hydrogens is 162 g/mol. The van der Waals surface area contributed by atoms with E-state index in [-0.39, 0.29) is 6.54 Å². The van der Waals surface area contributed by atoms with Gasteiger partial charge in [-0.3, -0.25) is 0 Å².